The summed E-state index contributed by atoms with van der Waals surface area (Å²) in [5.41, 5.74) is 1.41. The Morgan fingerprint density at radius 2 is 1.85 bits per heavy atom. The van der Waals surface area contributed by atoms with Crippen molar-refractivity contribution < 1.29 is 5.11 Å². The van der Waals surface area contributed by atoms with Crippen molar-refractivity contribution in [3.05, 3.63) is 11.6 Å². The van der Waals surface area contributed by atoms with Crippen molar-refractivity contribution in [1.29, 1.82) is 0 Å². The molecule has 0 saturated carbocycles. The summed E-state index contributed by atoms with van der Waals surface area (Å²) in [5.74, 6) is 0.641. The summed E-state index contributed by atoms with van der Waals surface area (Å²) in [6.45, 7) is 10.8. The zero-order chi connectivity index (χ0) is 10.7. The molecule has 1 atom stereocenters. The van der Waals surface area contributed by atoms with E-state index in [2.05, 4.69) is 26.8 Å². The molecule has 0 aliphatic heterocycles. The van der Waals surface area contributed by atoms with Gasteiger partial charge in [0.15, 0.2) is 0 Å². The lowest BCUT2D eigenvalue weighted by molar-refractivity contribution is 0.294. The number of rotatable bonds is 5. The molecule has 0 aromatic carbocycles. The number of hydrogen-bond donors (Lipinski definition) is 1. The van der Waals surface area contributed by atoms with Crippen LogP contribution in [0.15, 0.2) is 11.6 Å². The van der Waals surface area contributed by atoms with Gasteiger partial charge >= 0.3 is 0 Å². The molecule has 0 radical (unpaired) electrons. The summed E-state index contributed by atoms with van der Waals surface area (Å²) in [4.78, 5) is 0. The van der Waals surface area contributed by atoms with E-state index in [4.69, 9.17) is 5.11 Å². The van der Waals surface area contributed by atoms with Crippen LogP contribution >= 0.6 is 0 Å². The van der Waals surface area contributed by atoms with Gasteiger partial charge < -0.3 is 5.11 Å². The smallest absolute Gasteiger partial charge is 0.0468 e. The van der Waals surface area contributed by atoms with Gasteiger partial charge in [-0.3, -0.25) is 0 Å². The largest absolute Gasteiger partial charge is 0.396 e. The van der Waals surface area contributed by atoms with Gasteiger partial charge in [-0.25, -0.2) is 0 Å². The topological polar surface area (TPSA) is 20.2 Å². The van der Waals surface area contributed by atoms with Crippen LogP contribution in [0.1, 0.15) is 53.9 Å². The van der Waals surface area contributed by atoms with Gasteiger partial charge in [-0.05, 0) is 25.2 Å². The lowest BCUT2D eigenvalue weighted by Crippen LogP contribution is -2.00. The van der Waals surface area contributed by atoms with Gasteiger partial charge in [-0.15, -0.1) is 0 Å². The Kier molecular flexibility index (Phi) is 13.7. The van der Waals surface area contributed by atoms with Crippen LogP contribution in [-0.2, 0) is 0 Å². The maximum Gasteiger partial charge on any atom is 0.0468 e. The van der Waals surface area contributed by atoms with Crippen LogP contribution < -0.4 is 0 Å². The first-order chi connectivity index (χ1) is 6.26. The van der Waals surface area contributed by atoms with Crippen molar-refractivity contribution >= 4 is 0 Å². The van der Waals surface area contributed by atoms with E-state index >= 15 is 0 Å². The third kappa shape index (κ3) is 8.04. The summed E-state index contributed by atoms with van der Waals surface area (Å²) < 4.78 is 0. The quantitative estimate of drug-likeness (QED) is 0.648. The average Bonchev–Trinajstić information content (AvgIpc) is 2.19. The van der Waals surface area contributed by atoms with E-state index in [1.165, 1.54) is 12.0 Å². The molecule has 0 fully saturated rings. The first-order valence-electron chi connectivity index (χ1n) is 5.56. The first kappa shape index (κ1) is 15.2. The highest BCUT2D eigenvalue weighted by Gasteiger charge is 2.04. The lowest BCUT2D eigenvalue weighted by atomic mass is 9.95. The molecule has 1 nitrogen and oxygen atoms in total. The molecule has 0 aromatic heterocycles. The van der Waals surface area contributed by atoms with E-state index < -0.39 is 0 Å². The Balaban J connectivity index is 0. The molecule has 1 unspecified atom stereocenters. The third-order valence-corrected chi connectivity index (χ3v) is 2.11. The van der Waals surface area contributed by atoms with E-state index in [1.807, 2.05) is 13.8 Å². The van der Waals surface area contributed by atoms with Gasteiger partial charge in [0.2, 0.25) is 0 Å². The molecule has 13 heavy (non-hydrogen) atoms. The fourth-order valence-electron chi connectivity index (χ4n) is 1.20. The second-order valence-electron chi connectivity index (χ2n) is 2.97. The third-order valence-electron chi connectivity index (χ3n) is 2.11. The van der Waals surface area contributed by atoms with Gasteiger partial charge in [-0.2, -0.15) is 0 Å². The highest BCUT2D eigenvalue weighted by molar-refractivity contribution is 5.05. The Morgan fingerprint density at radius 3 is 2.15 bits per heavy atom. The minimum atomic E-state index is 0.288. The van der Waals surface area contributed by atoms with E-state index in [9.17, 15) is 0 Å². The van der Waals surface area contributed by atoms with Crippen LogP contribution in [0.2, 0.25) is 0 Å². The minimum Gasteiger partial charge on any atom is -0.396 e. The van der Waals surface area contributed by atoms with Crippen LogP contribution in [0.5, 0.6) is 0 Å². The summed E-state index contributed by atoms with van der Waals surface area (Å²) >= 11 is 0. The SMILES string of the molecule is CC.CC/C=C(/CCO)C(C)CC. The predicted octanol–water partition coefficient (Wildman–Crippen LogP) is 3.78. The van der Waals surface area contributed by atoms with Gasteiger partial charge in [0.1, 0.15) is 0 Å². The first-order valence-corrected chi connectivity index (χ1v) is 5.56. The predicted molar refractivity (Wildman–Crippen MR) is 60.9 cm³/mol. The maximum absolute atomic E-state index is 8.77. The Hall–Kier alpha value is -0.300. The average molecular weight is 186 g/mol. The van der Waals surface area contributed by atoms with Crippen LogP contribution in [0.25, 0.3) is 0 Å². The molecule has 0 saturated heterocycles. The van der Waals surface area contributed by atoms with Crippen molar-refractivity contribution in [2.24, 2.45) is 5.92 Å². The number of allylic oxidation sites excluding steroid dienone is 1. The molecule has 0 rings (SSSR count). The molecule has 1 heteroatoms. The van der Waals surface area contributed by atoms with Crippen LogP contribution in [0.3, 0.4) is 0 Å². The fourth-order valence-corrected chi connectivity index (χ4v) is 1.20. The molecule has 0 bridgehead atoms. The Morgan fingerprint density at radius 1 is 1.31 bits per heavy atom. The molecule has 0 aliphatic carbocycles. The molecule has 80 valence electrons. The minimum absolute atomic E-state index is 0.288. The molecule has 0 aliphatic rings. The number of hydrogen-bond acceptors (Lipinski definition) is 1. The molecule has 0 spiro atoms. The Labute approximate surface area is 83.9 Å². The van der Waals surface area contributed by atoms with E-state index in [0.717, 1.165) is 12.8 Å². The van der Waals surface area contributed by atoms with E-state index in [0.29, 0.717) is 5.92 Å². The van der Waals surface area contributed by atoms with Gasteiger partial charge in [0.05, 0.1) is 0 Å². The summed E-state index contributed by atoms with van der Waals surface area (Å²) in [6, 6.07) is 0. The molecule has 0 amide bonds. The number of aliphatic hydroxyl groups is 1. The molecule has 0 aromatic rings. The van der Waals surface area contributed by atoms with Crippen LogP contribution in [-0.4, -0.2) is 11.7 Å². The fraction of sp³-hybridized carbons (Fsp3) is 0.833. The van der Waals surface area contributed by atoms with E-state index in [1.54, 1.807) is 0 Å². The van der Waals surface area contributed by atoms with E-state index in [-0.39, 0.29) is 6.61 Å². The zero-order valence-electron chi connectivity index (χ0n) is 9.93. The highest BCUT2D eigenvalue weighted by Crippen LogP contribution is 2.17. The van der Waals surface area contributed by atoms with Gasteiger partial charge in [-0.1, -0.05) is 46.3 Å². The normalized spacial score (nSPS) is 13.2. The molecular formula is C12H26O. The monoisotopic (exact) mass is 186 g/mol. The van der Waals surface area contributed by atoms with Crippen molar-refractivity contribution in [3.63, 3.8) is 0 Å². The van der Waals surface area contributed by atoms with Crippen LogP contribution in [0.4, 0.5) is 0 Å². The standard InChI is InChI=1S/C10H20O.C2H6/c1-4-6-10(7-8-11)9(3)5-2;1-2/h6,9,11H,4-5,7-8H2,1-3H3;1-2H3/b10-6-;. The van der Waals surface area contributed by atoms with Crippen molar-refractivity contribution in [2.45, 2.75) is 53.9 Å². The second-order valence-corrected chi connectivity index (χ2v) is 2.97. The highest BCUT2D eigenvalue weighted by atomic mass is 16.2. The van der Waals surface area contributed by atoms with Crippen molar-refractivity contribution in [1.82, 2.24) is 0 Å². The van der Waals surface area contributed by atoms with Gasteiger partial charge in [0, 0.05) is 6.61 Å². The lowest BCUT2D eigenvalue weighted by Gasteiger charge is -2.12. The molecule has 1 N–H and O–H groups in total. The zero-order valence-corrected chi connectivity index (χ0v) is 9.93. The van der Waals surface area contributed by atoms with Crippen molar-refractivity contribution in [2.75, 3.05) is 6.61 Å². The van der Waals surface area contributed by atoms with Crippen LogP contribution in [0, 0.1) is 5.92 Å². The summed E-state index contributed by atoms with van der Waals surface area (Å²) in [6.07, 6.45) is 5.35. The van der Waals surface area contributed by atoms with Crippen molar-refractivity contribution in [3.8, 4) is 0 Å². The number of aliphatic hydroxyl groups excluding tert-OH is 1. The molecular weight excluding hydrogens is 160 g/mol. The second kappa shape index (κ2) is 11.7. The van der Waals surface area contributed by atoms with Gasteiger partial charge in [0.25, 0.3) is 0 Å². The molecule has 0 heterocycles. The summed E-state index contributed by atoms with van der Waals surface area (Å²) in [5, 5.41) is 8.77. The summed E-state index contributed by atoms with van der Waals surface area (Å²) in [7, 11) is 0. The maximum atomic E-state index is 8.77. The Bertz CT molecular complexity index is 116.